The maximum atomic E-state index is 13.6. The van der Waals surface area contributed by atoms with Gasteiger partial charge in [0.2, 0.25) is 0 Å². The van der Waals surface area contributed by atoms with Crippen LogP contribution in [0.1, 0.15) is 5.56 Å². The van der Waals surface area contributed by atoms with Crippen LogP contribution in [0.5, 0.6) is 5.75 Å². The van der Waals surface area contributed by atoms with E-state index in [0.717, 1.165) is 0 Å². The van der Waals surface area contributed by atoms with Crippen molar-refractivity contribution in [3.8, 4) is 17.1 Å². The van der Waals surface area contributed by atoms with Gasteiger partial charge in [0.1, 0.15) is 5.82 Å². The molecule has 94 valence electrons. The average Bonchev–Trinajstić information content (AvgIpc) is 2.38. The number of methoxy groups -OCH3 is 1. The van der Waals surface area contributed by atoms with Crippen LogP contribution in [0.4, 0.5) is 10.2 Å². The molecule has 0 amide bonds. The Balaban J connectivity index is 2.42. The van der Waals surface area contributed by atoms with Gasteiger partial charge in [-0.05, 0) is 18.2 Å². The maximum absolute atomic E-state index is 13.6. The van der Waals surface area contributed by atoms with Gasteiger partial charge >= 0.3 is 0 Å². The van der Waals surface area contributed by atoms with Gasteiger partial charge in [0, 0.05) is 23.9 Å². The summed E-state index contributed by atoms with van der Waals surface area (Å²) in [7, 11) is 1.41. The third-order valence-corrected chi connectivity index (χ3v) is 2.53. The third kappa shape index (κ3) is 2.23. The molecule has 0 unspecified atom stereocenters. The quantitative estimate of drug-likeness (QED) is 0.855. The first-order valence-corrected chi connectivity index (χ1v) is 5.31. The SMILES string of the molecule is COc1ccc(-c2ncc(CN)c(N)n2)cc1F. The number of aromatic nitrogens is 2. The van der Waals surface area contributed by atoms with Gasteiger partial charge in [0.05, 0.1) is 7.11 Å². The smallest absolute Gasteiger partial charge is 0.165 e. The molecule has 0 atom stereocenters. The number of nitrogens with zero attached hydrogens (tertiary/aromatic N) is 2. The fourth-order valence-electron chi connectivity index (χ4n) is 1.52. The normalized spacial score (nSPS) is 10.4. The van der Waals surface area contributed by atoms with Crippen LogP contribution < -0.4 is 16.2 Å². The van der Waals surface area contributed by atoms with Crippen molar-refractivity contribution >= 4 is 5.82 Å². The lowest BCUT2D eigenvalue weighted by Crippen LogP contribution is -2.05. The number of nitrogen functional groups attached to an aromatic ring is 1. The Hall–Kier alpha value is -2.21. The number of ether oxygens (including phenoxy) is 1. The molecule has 1 aromatic heterocycles. The topological polar surface area (TPSA) is 87.0 Å². The summed E-state index contributed by atoms with van der Waals surface area (Å²) in [5.41, 5.74) is 12.4. The van der Waals surface area contributed by atoms with E-state index in [1.807, 2.05) is 0 Å². The summed E-state index contributed by atoms with van der Waals surface area (Å²) in [6.07, 6.45) is 1.54. The van der Waals surface area contributed by atoms with Crippen LogP contribution in [0, 0.1) is 5.82 Å². The molecule has 0 fully saturated rings. The van der Waals surface area contributed by atoms with Crippen molar-refractivity contribution in [2.45, 2.75) is 6.54 Å². The van der Waals surface area contributed by atoms with Gasteiger partial charge in [-0.25, -0.2) is 14.4 Å². The van der Waals surface area contributed by atoms with Gasteiger partial charge in [-0.1, -0.05) is 0 Å². The Bertz CT molecular complexity index is 522. The Morgan fingerprint density at radius 2 is 2.17 bits per heavy atom. The first-order chi connectivity index (χ1) is 8.65. The first-order valence-electron chi connectivity index (χ1n) is 5.31. The molecule has 0 bridgehead atoms. The number of benzene rings is 1. The number of anilines is 1. The molecule has 0 radical (unpaired) electrons. The monoisotopic (exact) mass is 248 g/mol. The highest BCUT2D eigenvalue weighted by molar-refractivity contribution is 5.59. The fourth-order valence-corrected chi connectivity index (χ4v) is 1.52. The summed E-state index contributed by atoms with van der Waals surface area (Å²) in [4.78, 5) is 8.19. The predicted octanol–water partition coefficient (Wildman–Crippen LogP) is 1.33. The maximum Gasteiger partial charge on any atom is 0.165 e. The molecule has 1 aromatic carbocycles. The lowest BCUT2D eigenvalue weighted by Gasteiger charge is -2.06. The number of hydrogen-bond donors (Lipinski definition) is 2. The standard InChI is InChI=1S/C12H13FN4O/c1-18-10-3-2-7(4-9(10)13)12-16-6-8(5-14)11(15)17-12/h2-4,6H,5,14H2,1H3,(H2,15,16,17). The molecule has 6 heteroatoms. The number of hydrogen-bond acceptors (Lipinski definition) is 5. The molecule has 0 aliphatic carbocycles. The van der Waals surface area contributed by atoms with Crippen LogP contribution in [-0.2, 0) is 6.54 Å². The van der Waals surface area contributed by atoms with E-state index in [0.29, 0.717) is 22.8 Å². The summed E-state index contributed by atoms with van der Waals surface area (Å²) in [5, 5.41) is 0. The van der Waals surface area contributed by atoms with Crippen LogP contribution in [0.2, 0.25) is 0 Å². The van der Waals surface area contributed by atoms with Crippen molar-refractivity contribution in [1.82, 2.24) is 9.97 Å². The van der Waals surface area contributed by atoms with E-state index in [2.05, 4.69) is 9.97 Å². The van der Waals surface area contributed by atoms with Crippen LogP contribution in [-0.4, -0.2) is 17.1 Å². The number of rotatable bonds is 3. The summed E-state index contributed by atoms with van der Waals surface area (Å²) in [5.74, 6) is 0.357. The van der Waals surface area contributed by atoms with E-state index in [-0.39, 0.29) is 12.3 Å². The highest BCUT2D eigenvalue weighted by atomic mass is 19.1. The molecule has 2 aromatic rings. The average molecular weight is 248 g/mol. The minimum absolute atomic E-state index is 0.172. The molecule has 0 saturated heterocycles. The van der Waals surface area contributed by atoms with Gasteiger partial charge in [-0.15, -0.1) is 0 Å². The van der Waals surface area contributed by atoms with E-state index in [1.165, 1.54) is 19.2 Å². The molecule has 2 rings (SSSR count). The first kappa shape index (κ1) is 12.3. The van der Waals surface area contributed by atoms with Gasteiger partial charge in [-0.2, -0.15) is 0 Å². The van der Waals surface area contributed by atoms with Gasteiger partial charge in [0.15, 0.2) is 17.4 Å². The lowest BCUT2D eigenvalue weighted by molar-refractivity contribution is 0.386. The summed E-state index contributed by atoms with van der Waals surface area (Å²) in [6, 6.07) is 4.48. The molecular formula is C12H13FN4O. The number of halogens is 1. The van der Waals surface area contributed by atoms with E-state index in [9.17, 15) is 4.39 Å². The second-order valence-electron chi connectivity index (χ2n) is 3.66. The van der Waals surface area contributed by atoms with Crippen molar-refractivity contribution in [3.05, 3.63) is 35.8 Å². The van der Waals surface area contributed by atoms with Crippen LogP contribution in [0.25, 0.3) is 11.4 Å². The fraction of sp³-hybridized carbons (Fsp3) is 0.167. The molecule has 0 aliphatic rings. The minimum Gasteiger partial charge on any atom is -0.494 e. The van der Waals surface area contributed by atoms with Crippen molar-refractivity contribution in [2.24, 2.45) is 5.73 Å². The summed E-state index contributed by atoms with van der Waals surface area (Å²) < 4.78 is 18.4. The molecule has 4 N–H and O–H groups in total. The molecule has 5 nitrogen and oxygen atoms in total. The zero-order valence-corrected chi connectivity index (χ0v) is 9.85. The largest absolute Gasteiger partial charge is 0.494 e. The molecule has 0 spiro atoms. The zero-order chi connectivity index (χ0) is 13.1. The van der Waals surface area contributed by atoms with Crippen molar-refractivity contribution < 1.29 is 9.13 Å². The van der Waals surface area contributed by atoms with E-state index >= 15 is 0 Å². The zero-order valence-electron chi connectivity index (χ0n) is 9.85. The minimum atomic E-state index is -0.472. The molecular weight excluding hydrogens is 235 g/mol. The Morgan fingerprint density at radius 1 is 1.39 bits per heavy atom. The summed E-state index contributed by atoms with van der Waals surface area (Å²) >= 11 is 0. The summed E-state index contributed by atoms with van der Waals surface area (Å²) in [6.45, 7) is 0.267. The Kier molecular flexibility index (Phi) is 3.38. The van der Waals surface area contributed by atoms with E-state index < -0.39 is 5.82 Å². The molecule has 18 heavy (non-hydrogen) atoms. The van der Waals surface area contributed by atoms with Gasteiger partial charge in [-0.3, -0.25) is 0 Å². The lowest BCUT2D eigenvalue weighted by atomic mass is 10.2. The Morgan fingerprint density at radius 3 is 2.72 bits per heavy atom. The van der Waals surface area contributed by atoms with E-state index in [4.69, 9.17) is 16.2 Å². The predicted molar refractivity (Wildman–Crippen MR) is 66.3 cm³/mol. The van der Waals surface area contributed by atoms with Crippen molar-refractivity contribution in [2.75, 3.05) is 12.8 Å². The van der Waals surface area contributed by atoms with Crippen LogP contribution in [0.3, 0.4) is 0 Å². The van der Waals surface area contributed by atoms with Gasteiger partial charge in [0.25, 0.3) is 0 Å². The second-order valence-corrected chi connectivity index (χ2v) is 3.66. The highest BCUT2D eigenvalue weighted by Crippen LogP contribution is 2.24. The molecule has 0 saturated carbocycles. The second kappa shape index (κ2) is 4.97. The molecule has 0 aliphatic heterocycles. The van der Waals surface area contributed by atoms with Crippen molar-refractivity contribution in [1.29, 1.82) is 0 Å². The highest BCUT2D eigenvalue weighted by Gasteiger charge is 2.09. The van der Waals surface area contributed by atoms with E-state index in [1.54, 1.807) is 12.3 Å². The molecule has 1 heterocycles. The van der Waals surface area contributed by atoms with Gasteiger partial charge < -0.3 is 16.2 Å². The van der Waals surface area contributed by atoms with Crippen LogP contribution in [0.15, 0.2) is 24.4 Å². The van der Waals surface area contributed by atoms with Crippen molar-refractivity contribution in [3.63, 3.8) is 0 Å². The number of nitrogens with two attached hydrogens (primary N) is 2. The van der Waals surface area contributed by atoms with Crippen LogP contribution >= 0.6 is 0 Å². The Labute approximate surface area is 104 Å². The third-order valence-electron chi connectivity index (χ3n) is 2.53.